The van der Waals surface area contributed by atoms with Gasteiger partial charge in [-0.2, -0.15) is 4.99 Å². The molecule has 0 fully saturated rings. The standard InChI is InChI=1S/C24H29N3O4S2/c1-4-31-14-13-27-21-12-7-18(25-17(2)28)16-22(21)33-24(27)26-23(29)6-5-15-32-20-10-8-19(30-3)9-11-20/h7-12,16H,4-6,13-15H2,1-3H3,(H,25,28). The summed E-state index contributed by atoms with van der Waals surface area (Å²) in [6, 6.07) is 13.6. The monoisotopic (exact) mass is 487 g/mol. The highest BCUT2D eigenvalue weighted by atomic mass is 32.2. The van der Waals surface area contributed by atoms with Gasteiger partial charge in [-0.15, -0.1) is 11.8 Å². The van der Waals surface area contributed by atoms with Crippen LogP contribution in [0, 0.1) is 0 Å². The Labute approximate surface area is 201 Å². The number of methoxy groups -OCH3 is 1. The number of ether oxygens (including phenoxy) is 2. The number of rotatable bonds is 11. The Morgan fingerprint density at radius 3 is 2.67 bits per heavy atom. The predicted octanol–water partition coefficient (Wildman–Crippen LogP) is 4.71. The third kappa shape index (κ3) is 7.45. The van der Waals surface area contributed by atoms with E-state index in [0.717, 1.165) is 38.7 Å². The van der Waals surface area contributed by atoms with Crippen molar-refractivity contribution in [2.24, 2.45) is 4.99 Å². The van der Waals surface area contributed by atoms with Crippen LogP contribution in [0.5, 0.6) is 5.75 Å². The van der Waals surface area contributed by atoms with E-state index in [4.69, 9.17) is 9.47 Å². The molecule has 0 aliphatic carbocycles. The minimum Gasteiger partial charge on any atom is -0.497 e. The van der Waals surface area contributed by atoms with E-state index in [-0.39, 0.29) is 11.8 Å². The van der Waals surface area contributed by atoms with Crippen molar-refractivity contribution in [1.82, 2.24) is 4.57 Å². The second-order valence-corrected chi connectivity index (χ2v) is 9.41. The van der Waals surface area contributed by atoms with Crippen LogP contribution in [0.4, 0.5) is 5.69 Å². The van der Waals surface area contributed by atoms with Gasteiger partial charge >= 0.3 is 0 Å². The molecule has 0 atom stereocenters. The summed E-state index contributed by atoms with van der Waals surface area (Å²) < 4.78 is 13.7. The van der Waals surface area contributed by atoms with Crippen molar-refractivity contribution in [2.75, 3.05) is 31.4 Å². The van der Waals surface area contributed by atoms with Gasteiger partial charge in [0.25, 0.3) is 0 Å². The summed E-state index contributed by atoms with van der Waals surface area (Å²) >= 11 is 3.15. The Morgan fingerprint density at radius 2 is 1.97 bits per heavy atom. The van der Waals surface area contributed by atoms with Gasteiger partial charge in [-0.1, -0.05) is 11.3 Å². The Kier molecular flexibility index (Phi) is 9.53. The van der Waals surface area contributed by atoms with Gasteiger partial charge in [-0.3, -0.25) is 9.59 Å². The van der Waals surface area contributed by atoms with Crippen LogP contribution in [-0.2, 0) is 20.9 Å². The minimum absolute atomic E-state index is 0.122. The summed E-state index contributed by atoms with van der Waals surface area (Å²) in [5.74, 6) is 1.41. The summed E-state index contributed by atoms with van der Waals surface area (Å²) in [6.07, 6.45) is 1.13. The Morgan fingerprint density at radius 1 is 1.18 bits per heavy atom. The SMILES string of the molecule is CCOCCn1c(=NC(=O)CCCSc2ccc(OC)cc2)sc2cc(NC(C)=O)ccc21. The lowest BCUT2D eigenvalue weighted by Gasteiger charge is -2.06. The van der Waals surface area contributed by atoms with E-state index < -0.39 is 0 Å². The molecular formula is C24H29N3O4S2. The number of thiazole rings is 1. The number of anilines is 1. The highest BCUT2D eigenvalue weighted by molar-refractivity contribution is 7.99. The van der Waals surface area contributed by atoms with Crippen LogP contribution in [0.2, 0.25) is 0 Å². The van der Waals surface area contributed by atoms with Gasteiger partial charge in [-0.05, 0) is 61.6 Å². The molecule has 3 rings (SSSR count). The number of nitrogens with zero attached hydrogens (tertiary/aromatic N) is 2. The normalized spacial score (nSPS) is 11.7. The van der Waals surface area contributed by atoms with Crippen molar-refractivity contribution in [3.8, 4) is 5.75 Å². The van der Waals surface area contributed by atoms with Gasteiger partial charge < -0.3 is 19.4 Å². The molecule has 9 heteroatoms. The first-order chi connectivity index (χ1) is 16.0. The predicted molar refractivity (Wildman–Crippen MR) is 134 cm³/mol. The molecule has 0 bridgehead atoms. The molecular weight excluding hydrogens is 458 g/mol. The molecule has 0 spiro atoms. The third-order valence-corrected chi connectivity index (χ3v) is 6.89. The van der Waals surface area contributed by atoms with Crippen LogP contribution in [0.1, 0.15) is 26.7 Å². The average Bonchev–Trinajstić information content (AvgIpc) is 3.13. The fourth-order valence-corrected chi connectivity index (χ4v) is 5.17. The van der Waals surface area contributed by atoms with Crippen molar-refractivity contribution in [3.05, 3.63) is 47.3 Å². The Bertz CT molecular complexity index is 1150. The summed E-state index contributed by atoms with van der Waals surface area (Å²) in [5, 5.41) is 2.80. The molecule has 3 aromatic rings. The summed E-state index contributed by atoms with van der Waals surface area (Å²) in [5.41, 5.74) is 1.69. The number of thioether (sulfide) groups is 1. The molecule has 0 radical (unpaired) electrons. The molecule has 176 valence electrons. The van der Waals surface area contributed by atoms with Crippen LogP contribution in [0.25, 0.3) is 10.2 Å². The molecule has 2 amide bonds. The molecule has 0 aliphatic rings. The van der Waals surface area contributed by atoms with Crippen LogP contribution in [0.3, 0.4) is 0 Å². The maximum Gasteiger partial charge on any atom is 0.248 e. The third-order valence-electron chi connectivity index (χ3n) is 4.75. The zero-order valence-corrected chi connectivity index (χ0v) is 20.8. The Balaban J connectivity index is 1.69. The van der Waals surface area contributed by atoms with E-state index in [1.165, 1.54) is 18.3 Å². The van der Waals surface area contributed by atoms with Crippen molar-refractivity contribution < 1.29 is 19.1 Å². The van der Waals surface area contributed by atoms with Gasteiger partial charge in [0.2, 0.25) is 11.8 Å². The number of hydrogen-bond donors (Lipinski definition) is 1. The molecule has 0 unspecified atom stereocenters. The number of fused-ring (bicyclic) bond motifs is 1. The Hall–Kier alpha value is -2.62. The maximum absolute atomic E-state index is 12.6. The molecule has 0 aliphatic heterocycles. The van der Waals surface area contributed by atoms with E-state index in [2.05, 4.69) is 10.3 Å². The molecule has 33 heavy (non-hydrogen) atoms. The number of aromatic nitrogens is 1. The molecule has 1 aromatic heterocycles. The van der Waals surface area contributed by atoms with Crippen LogP contribution >= 0.6 is 23.1 Å². The van der Waals surface area contributed by atoms with Gasteiger partial charge in [0.1, 0.15) is 5.75 Å². The summed E-state index contributed by atoms with van der Waals surface area (Å²) in [4.78, 5) is 30.2. The summed E-state index contributed by atoms with van der Waals surface area (Å²) in [7, 11) is 1.65. The molecule has 7 nitrogen and oxygen atoms in total. The lowest BCUT2D eigenvalue weighted by atomic mass is 10.3. The zero-order valence-electron chi connectivity index (χ0n) is 19.1. The van der Waals surface area contributed by atoms with Crippen molar-refractivity contribution in [2.45, 2.75) is 38.1 Å². The quantitative estimate of drug-likeness (QED) is 0.313. The van der Waals surface area contributed by atoms with E-state index in [0.29, 0.717) is 31.0 Å². The molecule has 0 saturated carbocycles. The highest BCUT2D eigenvalue weighted by Gasteiger charge is 2.10. The average molecular weight is 488 g/mol. The lowest BCUT2D eigenvalue weighted by Crippen LogP contribution is -2.19. The fourth-order valence-electron chi connectivity index (χ4n) is 3.20. The van der Waals surface area contributed by atoms with Gasteiger partial charge in [0.15, 0.2) is 4.80 Å². The van der Waals surface area contributed by atoms with Gasteiger partial charge in [-0.25, -0.2) is 0 Å². The number of nitrogens with one attached hydrogen (secondary N) is 1. The first-order valence-corrected chi connectivity index (χ1v) is 12.6. The second kappa shape index (κ2) is 12.6. The number of benzene rings is 2. The summed E-state index contributed by atoms with van der Waals surface area (Å²) in [6.45, 7) is 5.21. The van der Waals surface area contributed by atoms with E-state index in [1.807, 2.05) is 54.0 Å². The maximum atomic E-state index is 12.6. The largest absolute Gasteiger partial charge is 0.497 e. The lowest BCUT2D eigenvalue weighted by molar-refractivity contribution is -0.118. The zero-order chi connectivity index (χ0) is 23.6. The number of hydrogen-bond acceptors (Lipinski definition) is 6. The van der Waals surface area contributed by atoms with Crippen LogP contribution < -0.4 is 14.9 Å². The smallest absolute Gasteiger partial charge is 0.248 e. The van der Waals surface area contributed by atoms with Crippen molar-refractivity contribution in [1.29, 1.82) is 0 Å². The molecule has 1 heterocycles. The van der Waals surface area contributed by atoms with E-state index in [1.54, 1.807) is 18.9 Å². The van der Waals surface area contributed by atoms with E-state index in [9.17, 15) is 9.59 Å². The number of amides is 2. The molecule has 0 saturated heterocycles. The van der Waals surface area contributed by atoms with Crippen LogP contribution in [0.15, 0.2) is 52.4 Å². The first kappa shape index (κ1) is 25.0. The topological polar surface area (TPSA) is 81.9 Å². The molecule has 1 N–H and O–H groups in total. The number of carbonyl (C=O) groups is 2. The van der Waals surface area contributed by atoms with E-state index >= 15 is 0 Å². The van der Waals surface area contributed by atoms with Gasteiger partial charge in [0.05, 0.1) is 23.9 Å². The minimum atomic E-state index is -0.135. The molecule has 2 aromatic carbocycles. The van der Waals surface area contributed by atoms with Crippen molar-refractivity contribution in [3.63, 3.8) is 0 Å². The fraction of sp³-hybridized carbons (Fsp3) is 0.375. The van der Waals surface area contributed by atoms with Crippen LogP contribution in [-0.4, -0.2) is 42.5 Å². The van der Waals surface area contributed by atoms with Crippen molar-refractivity contribution >= 4 is 50.8 Å². The second-order valence-electron chi connectivity index (χ2n) is 7.23. The first-order valence-electron chi connectivity index (χ1n) is 10.8. The number of carbonyl (C=O) groups excluding carboxylic acids is 2. The highest BCUT2D eigenvalue weighted by Crippen LogP contribution is 2.23. The van der Waals surface area contributed by atoms with Gasteiger partial charge in [0, 0.05) is 37.1 Å².